The lowest BCUT2D eigenvalue weighted by atomic mass is 9.97. The fourth-order valence-corrected chi connectivity index (χ4v) is 4.51. The summed E-state index contributed by atoms with van der Waals surface area (Å²) < 4.78 is 5.16. The van der Waals surface area contributed by atoms with Crippen molar-refractivity contribution in [2.75, 3.05) is 0 Å². The first-order valence-electron chi connectivity index (χ1n) is 10.1. The molecule has 0 aromatic heterocycles. The SMILES string of the molecule is Cc1cc(C)cc(P)c1.OB(O)Oc1cccc2ccc3cc4ccccc4cc3c12. The van der Waals surface area contributed by atoms with Crippen LogP contribution in [0.4, 0.5) is 0 Å². The molecule has 0 heterocycles. The van der Waals surface area contributed by atoms with E-state index in [4.69, 9.17) is 14.7 Å². The summed E-state index contributed by atoms with van der Waals surface area (Å²) in [7, 11) is 0.865. The highest BCUT2D eigenvalue weighted by atomic mass is 31.0. The fourth-order valence-electron chi connectivity index (χ4n) is 3.99. The van der Waals surface area contributed by atoms with Crippen molar-refractivity contribution in [1.82, 2.24) is 0 Å². The van der Waals surface area contributed by atoms with Crippen LogP contribution in [0.3, 0.4) is 0 Å². The van der Waals surface area contributed by atoms with Gasteiger partial charge >= 0.3 is 7.32 Å². The Morgan fingerprint density at radius 3 is 1.94 bits per heavy atom. The first-order chi connectivity index (χ1) is 14.9. The molecule has 0 aliphatic rings. The van der Waals surface area contributed by atoms with Crippen molar-refractivity contribution in [1.29, 1.82) is 0 Å². The maximum Gasteiger partial charge on any atom is 0.707 e. The molecule has 5 heteroatoms. The average Bonchev–Trinajstić information content (AvgIpc) is 2.71. The molecule has 0 saturated heterocycles. The van der Waals surface area contributed by atoms with Crippen LogP contribution in [0.15, 0.2) is 84.9 Å². The highest BCUT2D eigenvalue weighted by Crippen LogP contribution is 2.35. The number of hydrogen-bond donors (Lipinski definition) is 2. The first-order valence-corrected chi connectivity index (χ1v) is 10.7. The van der Waals surface area contributed by atoms with E-state index in [9.17, 15) is 0 Å². The molecule has 0 fully saturated rings. The summed E-state index contributed by atoms with van der Waals surface area (Å²) in [4.78, 5) is 0. The third kappa shape index (κ3) is 4.89. The molecule has 0 radical (unpaired) electrons. The Hall–Kier alpha value is -2.91. The zero-order valence-corrected chi connectivity index (χ0v) is 18.7. The van der Waals surface area contributed by atoms with Gasteiger partial charge in [0.2, 0.25) is 0 Å². The van der Waals surface area contributed by atoms with E-state index in [1.54, 1.807) is 6.07 Å². The predicted octanol–water partition coefficient (Wildman–Crippen LogP) is 5.30. The van der Waals surface area contributed by atoms with E-state index < -0.39 is 7.32 Å². The van der Waals surface area contributed by atoms with Crippen molar-refractivity contribution in [2.24, 2.45) is 0 Å². The average molecular weight is 426 g/mol. The minimum Gasteiger partial charge on any atom is -0.511 e. The lowest BCUT2D eigenvalue weighted by Crippen LogP contribution is -2.20. The zero-order valence-electron chi connectivity index (χ0n) is 17.5. The van der Waals surface area contributed by atoms with E-state index in [1.165, 1.54) is 21.8 Å². The summed E-state index contributed by atoms with van der Waals surface area (Å²) in [5.41, 5.74) is 2.67. The first kappa shape index (κ1) is 21.3. The summed E-state index contributed by atoms with van der Waals surface area (Å²) in [6.45, 7) is 4.22. The smallest absolute Gasteiger partial charge is 0.511 e. The molecule has 5 aromatic rings. The summed E-state index contributed by atoms with van der Waals surface area (Å²) >= 11 is 0. The largest absolute Gasteiger partial charge is 0.707 e. The van der Waals surface area contributed by atoms with Gasteiger partial charge in [0.1, 0.15) is 5.75 Å². The molecule has 31 heavy (non-hydrogen) atoms. The van der Waals surface area contributed by atoms with Crippen LogP contribution in [-0.4, -0.2) is 17.4 Å². The van der Waals surface area contributed by atoms with Crippen molar-refractivity contribution < 1.29 is 14.7 Å². The summed E-state index contributed by atoms with van der Waals surface area (Å²) in [6.07, 6.45) is 0. The Morgan fingerprint density at radius 2 is 1.29 bits per heavy atom. The van der Waals surface area contributed by atoms with Crippen LogP contribution in [0, 0.1) is 13.8 Å². The van der Waals surface area contributed by atoms with Crippen LogP contribution in [0.5, 0.6) is 5.75 Å². The van der Waals surface area contributed by atoms with Gasteiger partial charge in [-0.1, -0.05) is 77.9 Å². The quantitative estimate of drug-likeness (QED) is 0.174. The zero-order chi connectivity index (χ0) is 22.0. The summed E-state index contributed by atoms with van der Waals surface area (Å²) in [6, 6.07) is 28.6. The number of rotatable bonds is 2. The topological polar surface area (TPSA) is 49.7 Å². The molecule has 5 rings (SSSR count). The van der Waals surface area contributed by atoms with Crippen LogP contribution in [-0.2, 0) is 0 Å². The molecular weight excluding hydrogens is 402 g/mol. The van der Waals surface area contributed by atoms with E-state index in [2.05, 4.69) is 71.6 Å². The molecule has 154 valence electrons. The van der Waals surface area contributed by atoms with E-state index in [1.807, 2.05) is 30.3 Å². The van der Waals surface area contributed by atoms with Gasteiger partial charge in [0, 0.05) is 5.39 Å². The van der Waals surface area contributed by atoms with Gasteiger partial charge in [0.25, 0.3) is 0 Å². The van der Waals surface area contributed by atoms with Gasteiger partial charge in [-0.3, -0.25) is 0 Å². The van der Waals surface area contributed by atoms with Crippen molar-refractivity contribution in [2.45, 2.75) is 13.8 Å². The molecule has 1 atom stereocenters. The highest BCUT2D eigenvalue weighted by molar-refractivity contribution is 7.27. The molecule has 3 nitrogen and oxygen atoms in total. The lowest BCUT2D eigenvalue weighted by Gasteiger charge is -2.12. The van der Waals surface area contributed by atoms with Crippen molar-refractivity contribution in [3.8, 4) is 5.75 Å². The van der Waals surface area contributed by atoms with Gasteiger partial charge in [-0.05, 0) is 64.3 Å². The Balaban J connectivity index is 0.000000217. The maximum absolute atomic E-state index is 9.14. The Kier molecular flexibility index (Phi) is 6.24. The third-order valence-corrected chi connectivity index (χ3v) is 5.50. The van der Waals surface area contributed by atoms with E-state index in [0.29, 0.717) is 5.75 Å². The van der Waals surface area contributed by atoms with Crippen LogP contribution >= 0.6 is 9.24 Å². The van der Waals surface area contributed by atoms with Gasteiger partial charge in [-0.15, -0.1) is 9.24 Å². The van der Waals surface area contributed by atoms with Crippen LogP contribution in [0.2, 0.25) is 0 Å². The molecule has 0 saturated carbocycles. The molecule has 0 aliphatic heterocycles. The summed E-state index contributed by atoms with van der Waals surface area (Å²) in [5, 5.41) is 25.9. The number of hydrogen-bond acceptors (Lipinski definition) is 3. The molecule has 0 bridgehead atoms. The van der Waals surface area contributed by atoms with Crippen LogP contribution in [0.1, 0.15) is 11.1 Å². The second-order valence-corrected chi connectivity index (χ2v) is 8.37. The molecule has 0 amide bonds. The molecular formula is C26H24BO3P. The van der Waals surface area contributed by atoms with Crippen molar-refractivity contribution in [3.05, 3.63) is 96.1 Å². The third-order valence-electron chi connectivity index (χ3n) is 5.16. The van der Waals surface area contributed by atoms with Crippen LogP contribution < -0.4 is 9.96 Å². The standard InChI is InChI=1S/C18H13BO3.C8H11P/c20-19(21)22-17-7-3-6-12-8-9-15-10-13-4-1-2-5-14(13)11-16(15)18(12)17;1-6-3-7(2)5-8(9)4-6/h1-11,20-21H;3-5H,9H2,1-2H3. The van der Waals surface area contributed by atoms with Gasteiger partial charge in [-0.25, -0.2) is 0 Å². The number of benzene rings is 5. The highest BCUT2D eigenvalue weighted by Gasteiger charge is 2.15. The van der Waals surface area contributed by atoms with Crippen LogP contribution in [0.25, 0.3) is 32.3 Å². The second-order valence-electron chi connectivity index (χ2n) is 7.71. The molecule has 2 N–H and O–H groups in total. The molecule has 5 aromatic carbocycles. The van der Waals surface area contributed by atoms with Crippen molar-refractivity contribution >= 4 is 54.2 Å². The van der Waals surface area contributed by atoms with E-state index in [0.717, 1.165) is 26.9 Å². The minimum absolute atomic E-state index is 0.466. The summed E-state index contributed by atoms with van der Waals surface area (Å²) in [5.74, 6) is 0.466. The minimum atomic E-state index is -1.83. The molecule has 0 spiro atoms. The van der Waals surface area contributed by atoms with Gasteiger partial charge in [0.15, 0.2) is 0 Å². The monoisotopic (exact) mass is 426 g/mol. The van der Waals surface area contributed by atoms with Gasteiger partial charge in [-0.2, -0.15) is 0 Å². The van der Waals surface area contributed by atoms with E-state index in [-0.39, 0.29) is 0 Å². The molecule has 0 aliphatic carbocycles. The number of fused-ring (bicyclic) bond motifs is 4. The Bertz CT molecular complexity index is 1330. The van der Waals surface area contributed by atoms with Crippen molar-refractivity contribution in [3.63, 3.8) is 0 Å². The second kappa shape index (κ2) is 9.07. The van der Waals surface area contributed by atoms with Gasteiger partial charge in [0.05, 0.1) is 0 Å². The fraction of sp³-hybridized carbons (Fsp3) is 0.0769. The lowest BCUT2D eigenvalue weighted by molar-refractivity contribution is 0.289. The van der Waals surface area contributed by atoms with Gasteiger partial charge < -0.3 is 14.7 Å². The Labute approximate surface area is 184 Å². The Morgan fingerprint density at radius 1 is 0.677 bits per heavy atom. The normalized spacial score (nSPS) is 10.7. The number of aryl methyl sites for hydroxylation is 2. The van der Waals surface area contributed by atoms with E-state index >= 15 is 0 Å². The predicted molar refractivity (Wildman–Crippen MR) is 135 cm³/mol. The molecule has 1 unspecified atom stereocenters. The maximum atomic E-state index is 9.14.